The van der Waals surface area contributed by atoms with Gasteiger partial charge in [-0.25, -0.2) is 0 Å². The molecule has 1 fully saturated rings. The van der Waals surface area contributed by atoms with Crippen LogP contribution in [0.4, 0.5) is 0 Å². The number of aliphatic hydroxyl groups excluding tert-OH is 4. The first-order valence-corrected chi connectivity index (χ1v) is 8.80. The maximum atomic E-state index is 10.2. The largest absolute Gasteiger partial charge is 0.508 e. The fraction of sp³-hybridized carbons (Fsp3) is 0.300. The van der Waals surface area contributed by atoms with E-state index in [0.29, 0.717) is 5.56 Å². The summed E-state index contributed by atoms with van der Waals surface area (Å²) in [5.74, 6) is -0.743. The highest BCUT2D eigenvalue weighted by molar-refractivity contribution is 5.75. The number of hydrogen-bond donors (Lipinski definition) is 7. The van der Waals surface area contributed by atoms with E-state index in [1.165, 1.54) is 24.3 Å². The third kappa shape index (κ3) is 4.61. The van der Waals surface area contributed by atoms with Crippen molar-refractivity contribution in [2.24, 2.45) is 0 Å². The van der Waals surface area contributed by atoms with Gasteiger partial charge in [-0.1, -0.05) is 24.3 Å². The van der Waals surface area contributed by atoms with Gasteiger partial charge in [-0.2, -0.15) is 0 Å². The maximum Gasteiger partial charge on any atom is 0.229 e. The standard InChI is InChI=1S/C20H22O9/c21-9-15-16(25)17(26)18(27)20(28-15)29-19-11(7-13(23)8-14(19)24)4-1-10-2-5-12(22)6-3-10/h1-8,15-18,20-27H,9H2/b4-1+/t15-,16-,17+,18-,20+/m0/s1. The van der Waals surface area contributed by atoms with Crippen molar-refractivity contribution in [1.29, 1.82) is 0 Å². The van der Waals surface area contributed by atoms with Gasteiger partial charge >= 0.3 is 0 Å². The van der Waals surface area contributed by atoms with E-state index in [9.17, 15) is 35.7 Å². The van der Waals surface area contributed by atoms with Crippen molar-refractivity contribution in [2.45, 2.75) is 30.7 Å². The van der Waals surface area contributed by atoms with E-state index in [0.717, 1.165) is 6.07 Å². The minimum atomic E-state index is -1.66. The molecule has 2 aromatic rings. The minimum Gasteiger partial charge on any atom is -0.508 e. The Bertz CT molecular complexity index is 863. The highest BCUT2D eigenvalue weighted by Gasteiger charge is 2.45. The van der Waals surface area contributed by atoms with Crippen molar-refractivity contribution < 1.29 is 45.2 Å². The summed E-state index contributed by atoms with van der Waals surface area (Å²) < 4.78 is 10.8. The normalized spacial score (nSPS) is 27.2. The van der Waals surface area contributed by atoms with Crippen LogP contribution in [0.3, 0.4) is 0 Å². The summed E-state index contributed by atoms with van der Waals surface area (Å²) in [4.78, 5) is 0. The van der Waals surface area contributed by atoms with Gasteiger partial charge in [-0.15, -0.1) is 0 Å². The Morgan fingerprint density at radius 1 is 0.862 bits per heavy atom. The zero-order chi connectivity index (χ0) is 21.1. The van der Waals surface area contributed by atoms with Crippen LogP contribution >= 0.6 is 0 Å². The zero-order valence-corrected chi connectivity index (χ0v) is 15.2. The fourth-order valence-corrected chi connectivity index (χ4v) is 2.92. The van der Waals surface area contributed by atoms with Gasteiger partial charge in [0.15, 0.2) is 11.5 Å². The van der Waals surface area contributed by atoms with Gasteiger partial charge in [0.2, 0.25) is 6.29 Å². The number of phenols is 3. The summed E-state index contributed by atoms with van der Waals surface area (Å²) in [6.45, 7) is -0.625. The van der Waals surface area contributed by atoms with Crippen molar-refractivity contribution in [3.05, 3.63) is 47.5 Å². The first kappa shape index (κ1) is 20.9. The molecule has 0 radical (unpaired) electrons. The molecule has 9 heteroatoms. The van der Waals surface area contributed by atoms with E-state index in [1.807, 2.05) is 0 Å². The first-order valence-electron chi connectivity index (χ1n) is 8.80. The topological polar surface area (TPSA) is 160 Å². The predicted octanol–water partition coefficient (Wildman–Crippen LogP) is 0.152. The molecule has 2 aromatic carbocycles. The molecule has 0 bridgehead atoms. The summed E-state index contributed by atoms with van der Waals surface area (Å²) in [5, 5.41) is 68.5. The molecule has 7 N–H and O–H groups in total. The first-order chi connectivity index (χ1) is 13.8. The van der Waals surface area contributed by atoms with Crippen LogP contribution in [0.2, 0.25) is 0 Å². The van der Waals surface area contributed by atoms with Crippen LogP contribution in [-0.4, -0.2) is 73.1 Å². The molecule has 0 amide bonds. The average Bonchev–Trinajstić information content (AvgIpc) is 2.69. The fourth-order valence-electron chi connectivity index (χ4n) is 2.92. The van der Waals surface area contributed by atoms with Crippen LogP contribution in [0.5, 0.6) is 23.0 Å². The molecule has 1 aliphatic rings. The second kappa shape index (κ2) is 8.68. The molecular weight excluding hydrogens is 384 g/mol. The maximum absolute atomic E-state index is 10.2. The summed E-state index contributed by atoms with van der Waals surface area (Å²) in [6.07, 6.45) is -4.36. The Hall–Kier alpha value is -2.82. The van der Waals surface area contributed by atoms with Crippen LogP contribution in [0.1, 0.15) is 11.1 Å². The second-order valence-electron chi connectivity index (χ2n) is 6.62. The Kier molecular flexibility index (Phi) is 6.26. The van der Waals surface area contributed by atoms with Crippen LogP contribution in [-0.2, 0) is 4.74 Å². The lowest BCUT2D eigenvalue weighted by atomic mass is 9.99. The summed E-state index contributed by atoms with van der Waals surface area (Å²) in [7, 11) is 0. The van der Waals surface area contributed by atoms with Crippen LogP contribution in [0, 0.1) is 0 Å². The molecule has 0 spiro atoms. The number of benzene rings is 2. The van der Waals surface area contributed by atoms with Gasteiger partial charge < -0.3 is 45.2 Å². The quantitative estimate of drug-likeness (QED) is 0.343. The number of hydrogen-bond acceptors (Lipinski definition) is 9. The van der Waals surface area contributed by atoms with E-state index in [2.05, 4.69) is 0 Å². The van der Waals surface area contributed by atoms with Gasteiger partial charge in [-0.3, -0.25) is 0 Å². The van der Waals surface area contributed by atoms with Gasteiger partial charge in [0.1, 0.15) is 35.9 Å². The number of aliphatic hydroxyl groups is 4. The lowest BCUT2D eigenvalue weighted by molar-refractivity contribution is -0.277. The third-order valence-corrected chi connectivity index (χ3v) is 4.51. The molecule has 0 aliphatic carbocycles. The van der Waals surface area contributed by atoms with E-state index in [-0.39, 0.29) is 22.8 Å². The predicted molar refractivity (Wildman–Crippen MR) is 101 cm³/mol. The molecule has 0 aromatic heterocycles. The number of rotatable bonds is 5. The molecule has 1 saturated heterocycles. The molecule has 9 nitrogen and oxygen atoms in total. The minimum absolute atomic E-state index is 0.101. The van der Waals surface area contributed by atoms with Crippen LogP contribution in [0.15, 0.2) is 36.4 Å². The van der Waals surface area contributed by atoms with Crippen molar-refractivity contribution in [1.82, 2.24) is 0 Å². The molecule has 156 valence electrons. The summed E-state index contributed by atoms with van der Waals surface area (Å²) in [6, 6.07) is 8.60. The molecule has 3 rings (SSSR count). The Labute approximate surface area is 165 Å². The lowest BCUT2D eigenvalue weighted by Crippen LogP contribution is -2.60. The van der Waals surface area contributed by atoms with Gasteiger partial charge in [0.25, 0.3) is 0 Å². The lowest BCUT2D eigenvalue weighted by Gasteiger charge is -2.39. The van der Waals surface area contributed by atoms with Gasteiger partial charge in [0, 0.05) is 11.6 Å². The van der Waals surface area contributed by atoms with Crippen molar-refractivity contribution in [3.63, 3.8) is 0 Å². The molecule has 0 saturated carbocycles. The van der Waals surface area contributed by atoms with E-state index < -0.39 is 43.1 Å². The zero-order valence-electron chi connectivity index (χ0n) is 15.2. The van der Waals surface area contributed by atoms with Gasteiger partial charge in [-0.05, 0) is 23.8 Å². The van der Waals surface area contributed by atoms with E-state index in [4.69, 9.17) is 9.47 Å². The van der Waals surface area contributed by atoms with Crippen LogP contribution < -0.4 is 4.74 Å². The smallest absolute Gasteiger partial charge is 0.229 e. The Morgan fingerprint density at radius 3 is 2.21 bits per heavy atom. The van der Waals surface area contributed by atoms with Crippen molar-refractivity contribution in [2.75, 3.05) is 6.61 Å². The van der Waals surface area contributed by atoms with E-state index in [1.54, 1.807) is 18.2 Å². The average molecular weight is 406 g/mol. The molecule has 1 heterocycles. The number of ether oxygens (including phenoxy) is 2. The molecule has 5 atom stereocenters. The highest BCUT2D eigenvalue weighted by Crippen LogP contribution is 2.38. The van der Waals surface area contributed by atoms with Crippen LogP contribution in [0.25, 0.3) is 12.2 Å². The van der Waals surface area contributed by atoms with Crippen molar-refractivity contribution in [3.8, 4) is 23.0 Å². The summed E-state index contributed by atoms with van der Waals surface area (Å²) >= 11 is 0. The number of phenolic OH excluding ortho intramolecular Hbond substituents is 3. The van der Waals surface area contributed by atoms with E-state index >= 15 is 0 Å². The summed E-state index contributed by atoms with van der Waals surface area (Å²) in [5.41, 5.74) is 0.942. The number of aromatic hydroxyl groups is 3. The molecule has 29 heavy (non-hydrogen) atoms. The highest BCUT2D eigenvalue weighted by atomic mass is 16.7. The monoisotopic (exact) mass is 406 g/mol. The molecule has 0 unspecified atom stereocenters. The second-order valence-corrected chi connectivity index (χ2v) is 6.62. The Balaban J connectivity index is 1.89. The third-order valence-electron chi connectivity index (χ3n) is 4.51. The van der Waals surface area contributed by atoms with Crippen molar-refractivity contribution >= 4 is 12.2 Å². The molecule has 1 aliphatic heterocycles. The van der Waals surface area contributed by atoms with Gasteiger partial charge in [0.05, 0.1) is 6.61 Å². The SMILES string of the molecule is OC[C@@H]1O[C@H](Oc2c(O)cc(O)cc2/C=C/c2ccc(O)cc2)[C@@H](O)[C@H](O)[C@H]1O. The molecular formula is C20H22O9. The Morgan fingerprint density at radius 2 is 1.55 bits per heavy atom.